The summed E-state index contributed by atoms with van der Waals surface area (Å²) < 4.78 is 80.0. The molecule has 0 aromatic rings. The van der Waals surface area contributed by atoms with Crippen LogP contribution in [0, 0.1) is 16.2 Å². The number of carbonyl (C=O) groups excluding carboxylic acids is 15. The molecule has 1 unspecified atom stereocenters. The Morgan fingerprint density at radius 2 is 0.640 bits per heavy atom. The van der Waals surface area contributed by atoms with Crippen molar-refractivity contribution in [3.8, 4) is 0 Å². The van der Waals surface area contributed by atoms with Gasteiger partial charge in [-0.25, -0.2) is 43.2 Å². The Labute approximate surface area is 715 Å². The van der Waals surface area contributed by atoms with Crippen LogP contribution >= 0.6 is 0 Å². The summed E-state index contributed by atoms with van der Waals surface area (Å²) in [5.41, 5.74) is 16.9. The van der Waals surface area contributed by atoms with E-state index in [1.807, 2.05) is 0 Å². The molecule has 0 radical (unpaired) electrons. The van der Waals surface area contributed by atoms with Crippen LogP contribution < -0.4 is 81.0 Å². The summed E-state index contributed by atoms with van der Waals surface area (Å²) in [5, 5.41) is 65.3. The second kappa shape index (κ2) is 51.6. The SMILES string of the molecule is COC(=O)C1=C[C@H](NC(=N)N)[C@@H](NC(C)=O)C([C@H](OC(=O)NCCCCCCNC(=O)CN(CCN(CC(=O)O)CC(=O)NCCCCCCNC(=O)O[C@@H]([C@@H]2OC(C(=O)OC)=C[C@H](NC(=N)N)[C@H]2NC(C)=O)[C@H]2COC(=O)O2)CC(=O)NCCCCCCNC(=O)O[C@@H]([C@@H]2OC(C(=O)OC)=C[C@H](NC(=N)N)[C@H]2NC(C)=O)[C@H]2COC(=O)O2)[C@H]2COC(=O)O2)O1. The Kier molecular flexibility index (Phi) is 41.4. The Morgan fingerprint density at radius 3 is 0.856 bits per heavy atom. The second-order valence-electron chi connectivity index (χ2n) is 28.9. The zero-order valence-corrected chi connectivity index (χ0v) is 69.7. The largest absolute Gasteiger partial charge is 0.508 e. The number of carboxylic acid groups (broad SMARTS) is 1. The molecule has 0 aliphatic carbocycles. The third kappa shape index (κ3) is 34.8. The molecule has 6 heterocycles. The molecule has 0 aromatic heterocycles. The van der Waals surface area contributed by atoms with Crippen molar-refractivity contribution in [2.24, 2.45) is 17.2 Å². The molecular weight excluding hydrogens is 1670 g/mol. The van der Waals surface area contributed by atoms with Gasteiger partial charge in [-0.2, -0.15) is 0 Å². The Morgan fingerprint density at radius 1 is 0.392 bits per heavy atom. The Balaban J connectivity index is 1.00. The summed E-state index contributed by atoms with van der Waals surface area (Å²) in [6.45, 7) is 0.981. The zero-order chi connectivity index (χ0) is 91.8. The van der Waals surface area contributed by atoms with Gasteiger partial charge in [0.05, 0.1) is 83.8 Å². The molecule has 22 N–H and O–H groups in total. The van der Waals surface area contributed by atoms with E-state index < -0.39 is 255 Å². The molecule has 15 atom stereocenters. The number of esters is 3. The van der Waals surface area contributed by atoms with Gasteiger partial charge in [0.15, 0.2) is 72.8 Å². The number of hydrogen-bond acceptors (Lipinski definition) is 36. The first-order valence-electron chi connectivity index (χ1n) is 39.9. The number of unbranched alkanes of at least 4 members (excludes halogenated alkanes) is 9. The van der Waals surface area contributed by atoms with Gasteiger partial charge in [0.25, 0.3) is 0 Å². The quantitative estimate of drug-likeness (QED) is 0.00892. The first-order chi connectivity index (χ1) is 59.5. The van der Waals surface area contributed by atoms with Gasteiger partial charge in [-0.15, -0.1) is 0 Å². The molecular formula is C73H112N20O32. The highest BCUT2D eigenvalue weighted by atomic mass is 16.8. The maximum atomic E-state index is 13.6. The van der Waals surface area contributed by atoms with Crippen LogP contribution in [0.2, 0.25) is 0 Å². The average molecular weight is 1780 g/mol. The molecule has 6 rings (SSSR count). The van der Waals surface area contributed by atoms with Gasteiger partial charge >= 0.3 is 60.6 Å². The van der Waals surface area contributed by atoms with E-state index in [1.54, 1.807) is 0 Å². The molecule has 9 amide bonds. The van der Waals surface area contributed by atoms with Crippen LogP contribution in [0.15, 0.2) is 35.5 Å². The molecule has 6 aliphatic heterocycles. The minimum Gasteiger partial charge on any atom is -0.480 e. The molecule has 52 nitrogen and oxygen atoms in total. The fourth-order valence-corrected chi connectivity index (χ4v) is 13.6. The van der Waals surface area contributed by atoms with Crippen LogP contribution in [0.4, 0.5) is 28.8 Å². The van der Waals surface area contributed by atoms with E-state index in [1.165, 1.54) is 48.8 Å². The number of hydrogen-bond donors (Lipinski definition) is 19. The van der Waals surface area contributed by atoms with Crippen molar-refractivity contribution in [2.45, 2.75) is 189 Å². The van der Waals surface area contributed by atoms with Gasteiger partial charge in [0.1, 0.15) is 19.8 Å². The number of carboxylic acids is 1. The fraction of sp³-hybridized carbons (Fsp3) is 0.658. The molecule has 0 aromatic carbocycles. The number of cyclic esters (lactones) is 6. The van der Waals surface area contributed by atoms with Crippen molar-refractivity contribution in [1.29, 1.82) is 16.2 Å². The van der Waals surface area contributed by atoms with Gasteiger partial charge in [0.2, 0.25) is 52.7 Å². The molecule has 6 aliphatic rings. The molecule has 125 heavy (non-hydrogen) atoms. The molecule has 3 fully saturated rings. The Hall–Kier alpha value is -13.3. The third-order valence-corrected chi connectivity index (χ3v) is 19.2. The monoisotopic (exact) mass is 1780 g/mol. The van der Waals surface area contributed by atoms with Gasteiger partial charge in [0, 0.05) is 73.1 Å². The van der Waals surface area contributed by atoms with Crippen molar-refractivity contribution in [2.75, 3.05) is 120 Å². The molecule has 0 spiro atoms. The normalized spacial score (nSPS) is 22.2. The summed E-state index contributed by atoms with van der Waals surface area (Å²) in [7, 11) is 3.22. The van der Waals surface area contributed by atoms with Crippen molar-refractivity contribution in [1.82, 2.24) is 73.6 Å². The number of rotatable bonds is 50. The predicted octanol–water partition coefficient (Wildman–Crippen LogP) is -4.97. The molecule has 0 bridgehead atoms. The lowest BCUT2D eigenvalue weighted by atomic mass is 9.91. The van der Waals surface area contributed by atoms with E-state index in [4.69, 9.17) is 104 Å². The summed E-state index contributed by atoms with van der Waals surface area (Å²) in [6, 6.07) is -6.89. The topological polar surface area (TPSA) is 732 Å². The number of aliphatic carboxylic acids is 1. The maximum absolute atomic E-state index is 13.6. The number of nitrogens with one attached hydrogen (secondary N) is 15. The predicted molar refractivity (Wildman–Crippen MR) is 423 cm³/mol. The molecule has 0 saturated carbocycles. The number of nitrogens with zero attached hydrogens (tertiary/aromatic N) is 2. The summed E-state index contributed by atoms with van der Waals surface area (Å²) in [4.78, 5) is 208. The number of amides is 9. The lowest BCUT2D eigenvalue weighted by Crippen LogP contribution is -2.64. The minimum absolute atomic E-state index is 0.0512. The van der Waals surface area contributed by atoms with Crippen LogP contribution in [0.25, 0.3) is 0 Å². The third-order valence-electron chi connectivity index (χ3n) is 19.2. The van der Waals surface area contributed by atoms with Crippen LogP contribution in [0.1, 0.15) is 97.8 Å². The van der Waals surface area contributed by atoms with E-state index in [9.17, 15) is 81.8 Å². The molecule has 3 saturated heterocycles. The first kappa shape index (κ1) is 100. The highest BCUT2D eigenvalue weighted by Gasteiger charge is 2.54. The van der Waals surface area contributed by atoms with E-state index in [0.717, 1.165) is 21.3 Å². The van der Waals surface area contributed by atoms with Crippen LogP contribution in [-0.4, -0.2) is 340 Å². The highest BCUT2D eigenvalue weighted by Crippen LogP contribution is 2.32. The van der Waals surface area contributed by atoms with Gasteiger partial charge in [-0.3, -0.25) is 59.6 Å². The smallest absolute Gasteiger partial charge is 0.480 e. The van der Waals surface area contributed by atoms with Crippen molar-refractivity contribution >= 4 is 114 Å². The van der Waals surface area contributed by atoms with E-state index in [-0.39, 0.29) is 65.4 Å². The lowest BCUT2D eigenvalue weighted by Gasteiger charge is -2.41. The standard InChI is InChI=1S/C73H112N20O32/c1-37(94)86-53-40(89-65(74)75)27-43(62(102)111-4)117-59(53)56(46-34-114-71(108)120-46)123-68(105)83-22-16-10-7-13-19-80-49(97)30-92(31-50(98)81-20-14-8-11-17-23-84-69(106)124-57(47-35-115-72(109)121-47)60-54(87-38(2)95)41(90-66(76)77)28-44(118-60)63(103)112-5)25-26-93(33-52(100)101)32-51(99)82-21-15-9-12-18-24-85-70(107)125-58(48-36-116-73(110)122-48)61-55(88-39(3)96)42(91-67(78)79)29-45(119-61)64(104)113-6/h27-29,40-42,46-48,53-61H,7-26,30-36H2,1-6H3,(H,80,97)(H,81,98)(H,82,99)(H,83,105)(H,84,106)(H,85,107)(H,86,94)(H,87,95)(H,88,96)(H,100,101)(H4,74,75,89)(H4,76,77,90)(H4,78,79,91)/t40-,41-,42-,46+,47+,48+,53+,54+,55+,56+,57+,58+,59+,60?,61+/m0/s1. The number of alkyl carbamates (subject to hydrolysis) is 3. The number of methoxy groups -OCH3 is 3. The number of carbonyl (C=O) groups is 16. The number of ether oxygens (including phenoxy) is 15. The molecule has 52 heteroatoms. The van der Waals surface area contributed by atoms with Crippen molar-refractivity contribution in [3.63, 3.8) is 0 Å². The highest BCUT2D eigenvalue weighted by molar-refractivity contribution is 5.89. The van der Waals surface area contributed by atoms with Gasteiger partial charge in [-0.1, -0.05) is 38.5 Å². The van der Waals surface area contributed by atoms with E-state index >= 15 is 0 Å². The zero-order valence-electron chi connectivity index (χ0n) is 69.7. The van der Waals surface area contributed by atoms with Crippen LogP contribution in [-0.2, 0) is 119 Å². The van der Waals surface area contributed by atoms with E-state index in [0.29, 0.717) is 77.0 Å². The summed E-state index contributed by atoms with van der Waals surface area (Å²) in [5.74, 6) is -10.5. The fourth-order valence-electron chi connectivity index (χ4n) is 13.6. The molecule has 696 valence electrons. The van der Waals surface area contributed by atoms with Crippen molar-refractivity contribution in [3.05, 3.63) is 35.5 Å². The Bertz CT molecular complexity index is 3780. The van der Waals surface area contributed by atoms with Crippen LogP contribution in [0.5, 0.6) is 0 Å². The van der Waals surface area contributed by atoms with Gasteiger partial charge in [-0.05, 0) is 56.8 Å². The lowest BCUT2D eigenvalue weighted by molar-refractivity contribution is -0.148. The van der Waals surface area contributed by atoms with Crippen molar-refractivity contribution < 1.29 is 153 Å². The second-order valence-corrected chi connectivity index (χ2v) is 28.9. The number of guanidine groups is 3. The maximum Gasteiger partial charge on any atom is 0.508 e. The average Bonchev–Trinajstić information content (AvgIpc) is 1.78. The van der Waals surface area contributed by atoms with Crippen LogP contribution in [0.3, 0.4) is 0 Å². The summed E-state index contributed by atoms with van der Waals surface area (Å²) >= 11 is 0. The number of nitrogens with two attached hydrogens (primary N) is 3. The first-order valence-corrected chi connectivity index (χ1v) is 39.9. The van der Waals surface area contributed by atoms with Gasteiger partial charge < -0.3 is 157 Å². The minimum atomic E-state index is -1.54. The summed E-state index contributed by atoms with van der Waals surface area (Å²) in [6.07, 6.45) is -10.0. The van der Waals surface area contributed by atoms with E-state index in [2.05, 4.69) is 63.8 Å².